The Morgan fingerprint density at radius 2 is 1.50 bits per heavy atom. The van der Waals surface area contributed by atoms with Crippen LogP contribution in [0.1, 0.15) is 11.1 Å². The SMILES string of the molecule is OCc1ccc[n+](-c2ccccc2)c1SCc1ccccc1. The molecule has 3 rings (SSSR count). The maximum absolute atomic E-state index is 9.66. The number of aromatic nitrogens is 1. The summed E-state index contributed by atoms with van der Waals surface area (Å²) in [5.74, 6) is 0.880. The van der Waals surface area contributed by atoms with E-state index in [1.54, 1.807) is 11.8 Å². The van der Waals surface area contributed by atoms with E-state index in [1.165, 1.54) is 5.56 Å². The van der Waals surface area contributed by atoms with Crippen LogP contribution in [0.25, 0.3) is 5.69 Å². The smallest absolute Gasteiger partial charge is 0.251 e. The highest BCUT2D eigenvalue weighted by Crippen LogP contribution is 2.24. The molecule has 1 heterocycles. The van der Waals surface area contributed by atoms with E-state index < -0.39 is 0 Å². The predicted molar refractivity (Wildman–Crippen MR) is 89.9 cm³/mol. The Morgan fingerprint density at radius 3 is 2.18 bits per heavy atom. The monoisotopic (exact) mass is 308 g/mol. The molecule has 0 amide bonds. The van der Waals surface area contributed by atoms with Gasteiger partial charge in [-0.05, 0) is 11.6 Å². The minimum absolute atomic E-state index is 0.0464. The van der Waals surface area contributed by atoms with Gasteiger partial charge in [0.2, 0.25) is 5.69 Å². The molecule has 0 saturated carbocycles. The molecule has 0 atom stereocenters. The Balaban J connectivity index is 1.94. The largest absolute Gasteiger partial charge is 0.391 e. The number of pyridine rings is 1. The second kappa shape index (κ2) is 7.25. The van der Waals surface area contributed by atoms with Gasteiger partial charge < -0.3 is 5.11 Å². The highest BCUT2D eigenvalue weighted by Gasteiger charge is 2.18. The fourth-order valence-electron chi connectivity index (χ4n) is 2.34. The Kier molecular flexibility index (Phi) is 4.88. The second-order valence-corrected chi connectivity index (χ2v) is 5.94. The van der Waals surface area contributed by atoms with E-state index in [0.717, 1.165) is 22.0 Å². The third kappa shape index (κ3) is 3.38. The molecular weight excluding hydrogens is 290 g/mol. The lowest BCUT2D eigenvalue weighted by atomic mass is 10.2. The average Bonchev–Trinajstić information content (AvgIpc) is 2.61. The van der Waals surface area contributed by atoms with Crippen LogP contribution in [0, 0.1) is 0 Å². The third-order valence-electron chi connectivity index (χ3n) is 3.45. The first-order valence-electron chi connectivity index (χ1n) is 7.25. The molecule has 0 bridgehead atoms. The van der Waals surface area contributed by atoms with E-state index in [0.29, 0.717) is 0 Å². The summed E-state index contributed by atoms with van der Waals surface area (Å²) >= 11 is 1.75. The molecule has 0 fully saturated rings. The fraction of sp³-hybridized carbons (Fsp3) is 0.105. The molecule has 0 aliphatic heterocycles. The lowest BCUT2D eigenvalue weighted by Gasteiger charge is -2.07. The normalized spacial score (nSPS) is 10.6. The minimum atomic E-state index is 0.0464. The van der Waals surface area contributed by atoms with Crippen LogP contribution in [-0.4, -0.2) is 5.11 Å². The fourth-order valence-corrected chi connectivity index (χ4v) is 3.46. The van der Waals surface area contributed by atoms with Gasteiger partial charge in [0, 0.05) is 24.0 Å². The average molecular weight is 308 g/mol. The van der Waals surface area contributed by atoms with Crippen molar-refractivity contribution in [1.82, 2.24) is 0 Å². The van der Waals surface area contributed by atoms with Gasteiger partial charge in [-0.3, -0.25) is 0 Å². The quantitative estimate of drug-likeness (QED) is 0.573. The molecule has 22 heavy (non-hydrogen) atoms. The topological polar surface area (TPSA) is 24.1 Å². The van der Waals surface area contributed by atoms with Crippen LogP contribution >= 0.6 is 11.8 Å². The Labute approximate surface area is 135 Å². The lowest BCUT2D eigenvalue weighted by molar-refractivity contribution is -0.636. The number of thioether (sulfide) groups is 1. The zero-order valence-corrected chi connectivity index (χ0v) is 13.0. The van der Waals surface area contributed by atoms with Crippen molar-refractivity contribution in [3.8, 4) is 5.69 Å². The standard InChI is InChI=1S/C19H18NOS/c21-14-17-10-7-13-20(18-11-5-2-6-12-18)19(17)22-15-16-8-3-1-4-9-16/h1-13,21H,14-15H2/q+1. The highest BCUT2D eigenvalue weighted by atomic mass is 32.2. The van der Waals surface area contributed by atoms with Crippen LogP contribution in [0.5, 0.6) is 0 Å². The first-order chi connectivity index (χ1) is 10.9. The molecule has 0 spiro atoms. The summed E-state index contributed by atoms with van der Waals surface area (Å²) in [4.78, 5) is 0. The van der Waals surface area contributed by atoms with E-state index >= 15 is 0 Å². The molecule has 0 radical (unpaired) electrons. The van der Waals surface area contributed by atoms with Gasteiger partial charge in [0.1, 0.15) is 0 Å². The molecule has 110 valence electrons. The molecular formula is C19H18NOS+. The number of aliphatic hydroxyl groups excluding tert-OH is 1. The molecule has 2 aromatic carbocycles. The van der Waals surface area contributed by atoms with Gasteiger partial charge >= 0.3 is 0 Å². The van der Waals surface area contributed by atoms with Crippen molar-refractivity contribution in [2.24, 2.45) is 0 Å². The van der Waals surface area contributed by atoms with Gasteiger partial charge in [-0.25, -0.2) is 0 Å². The summed E-state index contributed by atoms with van der Waals surface area (Å²) in [5, 5.41) is 10.7. The van der Waals surface area contributed by atoms with Gasteiger partial charge in [-0.1, -0.05) is 60.3 Å². The van der Waals surface area contributed by atoms with Crippen molar-refractivity contribution in [2.45, 2.75) is 17.4 Å². The maximum Gasteiger partial charge on any atom is 0.251 e. The third-order valence-corrected chi connectivity index (χ3v) is 4.66. The van der Waals surface area contributed by atoms with E-state index in [4.69, 9.17) is 0 Å². The Hall–Kier alpha value is -2.10. The van der Waals surface area contributed by atoms with Gasteiger partial charge in [-0.15, -0.1) is 0 Å². The summed E-state index contributed by atoms with van der Waals surface area (Å²) in [7, 11) is 0. The summed E-state index contributed by atoms with van der Waals surface area (Å²) in [6, 6.07) is 24.6. The molecule has 0 unspecified atom stereocenters. The summed E-state index contributed by atoms with van der Waals surface area (Å²) in [6.45, 7) is 0.0464. The number of hydrogen-bond acceptors (Lipinski definition) is 2. The molecule has 0 aliphatic rings. The number of benzene rings is 2. The van der Waals surface area contributed by atoms with Crippen LogP contribution < -0.4 is 4.57 Å². The number of rotatable bonds is 5. The number of aliphatic hydroxyl groups is 1. The Bertz CT molecular complexity index is 729. The van der Waals surface area contributed by atoms with Crippen LogP contribution in [0.15, 0.2) is 84.0 Å². The minimum Gasteiger partial charge on any atom is -0.391 e. The molecule has 3 aromatic rings. The van der Waals surface area contributed by atoms with Crippen molar-refractivity contribution in [3.05, 3.63) is 90.1 Å². The second-order valence-electron chi connectivity index (χ2n) is 4.98. The van der Waals surface area contributed by atoms with Gasteiger partial charge in [-0.2, -0.15) is 4.57 Å². The van der Waals surface area contributed by atoms with E-state index in [-0.39, 0.29) is 6.61 Å². The summed E-state index contributed by atoms with van der Waals surface area (Å²) in [5.41, 5.74) is 3.33. The zero-order valence-electron chi connectivity index (χ0n) is 12.2. The highest BCUT2D eigenvalue weighted by molar-refractivity contribution is 7.98. The molecule has 0 aliphatic carbocycles. The number of para-hydroxylation sites is 1. The molecule has 2 nitrogen and oxygen atoms in total. The first kappa shape index (κ1) is 14.8. The van der Waals surface area contributed by atoms with Gasteiger partial charge in [0.15, 0.2) is 6.20 Å². The first-order valence-corrected chi connectivity index (χ1v) is 8.23. The van der Waals surface area contributed by atoms with E-state index in [2.05, 4.69) is 41.0 Å². The van der Waals surface area contributed by atoms with Crippen LogP contribution in [0.2, 0.25) is 0 Å². The maximum atomic E-state index is 9.66. The van der Waals surface area contributed by atoms with Gasteiger partial charge in [0.25, 0.3) is 5.03 Å². The van der Waals surface area contributed by atoms with Crippen LogP contribution in [0.3, 0.4) is 0 Å². The van der Waals surface area contributed by atoms with Crippen molar-refractivity contribution >= 4 is 11.8 Å². The van der Waals surface area contributed by atoms with Crippen LogP contribution in [0.4, 0.5) is 0 Å². The van der Waals surface area contributed by atoms with Crippen molar-refractivity contribution < 1.29 is 9.67 Å². The van der Waals surface area contributed by atoms with Crippen LogP contribution in [-0.2, 0) is 12.4 Å². The Morgan fingerprint density at radius 1 is 0.818 bits per heavy atom. The molecule has 0 saturated heterocycles. The molecule has 3 heteroatoms. The summed E-state index contributed by atoms with van der Waals surface area (Å²) in [6.07, 6.45) is 2.04. The van der Waals surface area contributed by atoms with E-state index in [9.17, 15) is 5.11 Å². The lowest BCUT2D eigenvalue weighted by Crippen LogP contribution is -2.34. The molecule has 1 aromatic heterocycles. The number of hydrogen-bond donors (Lipinski definition) is 1. The van der Waals surface area contributed by atoms with Crippen molar-refractivity contribution in [1.29, 1.82) is 0 Å². The summed E-state index contributed by atoms with van der Waals surface area (Å²) < 4.78 is 2.14. The predicted octanol–water partition coefficient (Wildman–Crippen LogP) is 3.75. The number of nitrogens with zero attached hydrogens (tertiary/aromatic N) is 1. The zero-order chi connectivity index (χ0) is 15.2. The molecule has 1 N–H and O–H groups in total. The van der Waals surface area contributed by atoms with E-state index in [1.807, 2.05) is 42.6 Å². The van der Waals surface area contributed by atoms with Gasteiger partial charge in [0.05, 0.1) is 12.2 Å². The van der Waals surface area contributed by atoms with Crippen molar-refractivity contribution in [3.63, 3.8) is 0 Å². The van der Waals surface area contributed by atoms with Crippen molar-refractivity contribution in [2.75, 3.05) is 0 Å².